The van der Waals surface area contributed by atoms with E-state index in [1.54, 1.807) is 23.1 Å². The van der Waals surface area contributed by atoms with Gasteiger partial charge in [-0.05, 0) is 31.0 Å². The van der Waals surface area contributed by atoms with Crippen molar-refractivity contribution >= 4 is 23.1 Å². The van der Waals surface area contributed by atoms with E-state index in [4.69, 9.17) is 4.98 Å². The molecular formula is C17H24N2S2. The van der Waals surface area contributed by atoms with Gasteiger partial charge in [-0.2, -0.15) is 0 Å². The molecule has 0 aliphatic rings. The van der Waals surface area contributed by atoms with Crippen LogP contribution in [0, 0.1) is 0 Å². The van der Waals surface area contributed by atoms with Crippen LogP contribution < -0.4 is 5.32 Å². The molecular weight excluding hydrogens is 296 g/mol. The Balaban J connectivity index is 2.13. The van der Waals surface area contributed by atoms with E-state index >= 15 is 0 Å². The maximum Gasteiger partial charge on any atom is 0.0947 e. The van der Waals surface area contributed by atoms with Crippen LogP contribution in [0.3, 0.4) is 0 Å². The van der Waals surface area contributed by atoms with Crippen LogP contribution in [-0.2, 0) is 11.8 Å². The van der Waals surface area contributed by atoms with Gasteiger partial charge in [-0.15, -0.1) is 23.1 Å². The lowest BCUT2D eigenvalue weighted by molar-refractivity contribution is 0.560. The molecule has 1 atom stereocenters. The number of benzene rings is 1. The average molecular weight is 321 g/mol. The van der Waals surface area contributed by atoms with Gasteiger partial charge in [0.2, 0.25) is 0 Å². The van der Waals surface area contributed by atoms with Crippen LogP contribution in [0.15, 0.2) is 34.5 Å². The quantitative estimate of drug-likeness (QED) is 0.811. The monoisotopic (exact) mass is 320 g/mol. The highest BCUT2D eigenvalue weighted by Gasteiger charge is 2.19. The van der Waals surface area contributed by atoms with Crippen LogP contribution in [0.4, 0.5) is 0 Å². The number of hydrogen-bond donors (Lipinski definition) is 1. The number of aromatic nitrogens is 1. The molecule has 1 heterocycles. The van der Waals surface area contributed by atoms with Crippen LogP contribution in [0.1, 0.15) is 43.1 Å². The molecule has 1 aromatic heterocycles. The minimum atomic E-state index is 0.129. The number of nitrogens with one attached hydrogen (secondary N) is 1. The summed E-state index contributed by atoms with van der Waals surface area (Å²) in [5, 5.41) is 6.81. The number of hydrogen-bond acceptors (Lipinski definition) is 4. The first-order valence-corrected chi connectivity index (χ1v) is 9.30. The molecule has 0 saturated carbocycles. The van der Waals surface area contributed by atoms with Crippen LogP contribution in [0.25, 0.3) is 0 Å². The van der Waals surface area contributed by atoms with Crippen molar-refractivity contribution in [1.29, 1.82) is 0 Å². The molecule has 1 unspecified atom stereocenters. The lowest BCUT2D eigenvalue weighted by Gasteiger charge is -2.16. The number of likely N-dealkylation sites (N-methyl/N-ethyl adjacent to an activating group) is 1. The topological polar surface area (TPSA) is 24.9 Å². The van der Waals surface area contributed by atoms with Crippen molar-refractivity contribution < 1.29 is 0 Å². The summed E-state index contributed by atoms with van der Waals surface area (Å²) < 4.78 is 0. The highest BCUT2D eigenvalue weighted by atomic mass is 32.2. The molecule has 1 aromatic carbocycles. The van der Waals surface area contributed by atoms with E-state index in [0.29, 0.717) is 6.04 Å². The van der Waals surface area contributed by atoms with Crippen LogP contribution in [0.2, 0.25) is 0 Å². The number of thioether (sulfide) groups is 1. The summed E-state index contributed by atoms with van der Waals surface area (Å²) in [5.41, 5.74) is 2.64. The summed E-state index contributed by atoms with van der Waals surface area (Å²) in [6, 6.07) is 9.12. The van der Waals surface area contributed by atoms with Crippen molar-refractivity contribution in [1.82, 2.24) is 10.3 Å². The first-order chi connectivity index (χ1) is 9.94. The first-order valence-electron chi connectivity index (χ1n) is 7.20. The van der Waals surface area contributed by atoms with E-state index in [1.165, 1.54) is 21.2 Å². The molecule has 0 aliphatic heterocycles. The van der Waals surface area contributed by atoms with E-state index in [1.807, 2.05) is 7.05 Å². The summed E-state index contributed by atoms with van der Waals surface area (Å²) in [5.74, 6) is 0. The fourth-order valence-corrected chi connectivity index (χ4v) is 3.62. The second-order valence-corrected chi connectivity index (χ2v) is 8.02. The molecule has 2 nitrogen and oxygen atoms in total. The third-order valence-corrected chi connectivity index (χ3v) is 5.18. The van der Waals surface area contributed by atoms with Gasteiger partial charge in [-0.1, -0.05) is 32.9 Å². The van der Waals surface area contributed by atoms with Gasteiger partial charge >= 0.3 is 0 Å². The highest BCUT2D eigenvalue weighted by Crippen LogP contribution is 2.27. The summed E-state index contributed by atoms with van der Waals surface area (Å²) >= 11 is 3.54. The molecule has 0 radical (unpaired) electrons. The average Bonchev–Trinajstić information content (AvgIpc) is 2.93. The van der Waals surface area contributed by atoms with Gasteiger partial charge in [-0.25, -0.2) is 4.98 Å². The van der Waals surface area contributed by atoms with Gasteiger partial charge in [-0.3, -0.25) is 0 Å². The Kier molecular flexibility index (Phi) is 5.47. The highest BCUT2D eigenvalue weighted by molar-refractivity contribution is 7.98. The normalized spacial score (nSPS) is 13.4. The molecule has 0 fully saturated rings. The molecule has 1 N–H and O–H groups in total. The molecule has 0 aliphatic carbocycles. The molecule has 4 heteroatoms. The predicted molar refractivity (Wildman–Crippen MR) is 94.5 cm³/mol. The van der Waals surface area contributed by atoms with E-state index in [0.717, 1.165) is 6.42 Å². The maximum absolute atomic E-state index is 4.80. The summed E-state index contributed by atoms with van der Waals surface area (Å²) in [4.78, 5) is 6.11. The number of nitrogens with zero attached hydrogens (tertiary/aromatic N) is 1. The largest absolute Gasteiger partial charge is 0.313 e. The van der Waals surface area contributed by atoms with Gasteiger partial charge in [0.05, 0.1) is 10.7 Å². The summed E-state index contributed by atoms with van der Waals surface area (Å²) in [6.45, 7) is 6.63. The van der Waals surface area contributed by atoms with Crippen molar-refractivity contribution in [3.05, 3.63) is 45.9 Å². The van der Waals surface area contributed by atoms with Gasteiger partial charge < -0.3 is 5.32 Å². The first kappa shape index (κ1) is 16.5. The van der Waals surface area contributed by atoms with Crippen molar-refractivity contribution in [2.24, 2.45) is 0 Å². The zero-order valence-electron chi connectivity index (χ0n) is 13.4. The Morgan fingerprint density at radius 1 is 1.24 bits per heavy atom. The number of rotatable bonds is 5. The third-order valence-electron chi connectivity index (χ3n) is 3.57. The lowest BCUT2D eigenvalue weighted by Crippen LogP contribution is -2.19. The van der Waals surface area contributed by atoms with Crippen molar-refractivity contribution in [3.8, 4) is 0 Å². The smallest absolute Gasteiger partial charge is 0.0947 e. The predicted octanol–water partition coefficient (Wildman–Crippen LogP) is 4.67. The van der Waals surface area contributed by atoms with E-state index in [9.17, 15) is 0 Å². The third kappa shape index (κ3) is 4.31. The zero-order chi connectivity index (χ0) is 15.5. The fourth-order valence-electron chi connectivity index (χ4n) is 2.15. The SMILES string of the molecule is CNC(Cc1nc(C(C)(C)C)cs1)c1ccc(SC)cc1. The minimum absolute atomic E-state index is 0.129. The molecule has 21 heavy (non-hydrogen) atoms. The van der Waals surface area contributed by atoms with E-state index in [-0.39, 0.29) is 5.41 Å². The Labute approximate surface area is 136 Å². The van der Waals surface area contributed by atoms with Crippen LogP contribution >= 0.6 is 23.1 Å². The Hall–Kier alpha value is -0.840. The van der Waals surface area contributed by atoms with Gasteiger partial charge in [0.1, 0.15) is 0 Å². The number of thiazole rings is 1. The minimum Gasteiger partial charge on any atom is -0.313 e. The van der Waals surface area contributed by atoms with Gasteiger partial charge in [0.25, 0.3) is 0 Å². The molecule has 114 valence electrons. The summed E-state index contributed by atoms with van der Waals surface area (Å²) in [7, 11) is 2.02. The van der Waals surface area contributed by atoms with E-state index < -0.39 is 0 Å². The fraction of sp³-hybridized carbons (Fsp3) is 0.471. The van der Waals surface area contributed by atoms with Crippen molar-refractivity contribution in [2.75, 3.05) is 13.3 Å². The van der Waals surface area contributed by atoms with Crippen molar-refractivity contribution in [2.45, 2.75) is 43.5 Å². The second-order valence-electron chi connectivity index (χ2n) is 6.20. The molecule has 0 bridgehead atoms. The van der Waals surface area contributed by atoms with Gasteiger partial charge in [0.15, 0.2) is 0 Å². The summed E-state index contributed by atoms with van der Waals surface area (Å²) in [6.07, 6.45) is 3.05. The Morgan fingerprint density at radius 2 is 1.90 bits per heavy atom. The Morgan fingerprint density at radius 3 is 2.38 bits per heavy atom. The molecule has 2 aromatic rings. The molecule has 0 amide bonds. The van der Waals surface area contributed by atoms with Gasteiger partial charge in [0, 0.05) is 28.2 Å². The maximum atomic E-state index is 4.80. The second kappa shape index (κ2) is 6.95. The molecule has 0 spiro atoms. The lowest BCUT2D eigenvalue weighted by atomic mass is 9.93. The van der Waals surface area contributed by atoms with Crippen molar-refractivity contribution in [3.63, 3.8) is 0 Å². The standard InChI is InChI=1S/C17H24N2S2/c1-17(2,3)15-11-21-16(19-15)10-14(18-4)12-6-8-13(20-5)9-7-12/h6-9,11,14,18H,10H2,1-5H3. The molecule has 0 saturated heterocycles. The molecule has 2 rings (SSSR count). The Bertz CT molecular complexity index is 567. The van der Waals surface area contributed by atoms with Crippen LogP contribution in [0.5, 0.6) is 0 Å². The van der Waals surface area contributed by atoms with E-state index in [2.05, 4.69) is 62.0 Å². The van der Waals surface area contributed by atoms with Crippen LogP contribution in [-0.4, -0.2) is 18.3 Å². The zero-order valence-corrected chi connectivity index (χ0v) is 15.1.